The zero-order valence-electron chi connectivity index (χ0n) is 11.1. The molecule has 0 atom stereocenters. The molecule has 0 fully saturated rings. The Bertz CT molecular complexity index is 880. The maximum Gasteiger partial charge on any atom is 0.325 e. The van der Waals surface area contributed by atoms with Gasteiger partial charge in [0.1, 0.15) is 18.0 Å². The van der Waals surface area contributed by atoms with E-state index in [2.05, 4.69) is 10.3 Å². The van der Waals surface area contributed by atoms with Crippen LogP contribution in [0.15, 0.2) is 39.6 Å². The van der Waals surface area contributed by atoms with Gasteiger partial charge in [-0.25, -0.2) is 4.68 Å². The second-order valence-electron chi connectivity index (χ2n) is 4.53. The number of hydrogen-bond donors (Lipinski definition) is 1. The highest BCUT2D eigenvalue weighted by Gasteiger charge is 2.19. The molecule has 3 aromatic rings. The Labute approximate surface area is 118 Å². The second kappa shape index (κ2) is 4.86. The van der Waals surface area contributed by atoms with Crippen LogP contribution in [0.1, 0.15) is 5.76 Å². The molecule has 0 aliphatic heterocycles. The number of aryl methyl sites for hydroxylation is 1. The molecule has 7 heteroatoms. The van der Waals surface area contributed by atoms with E-state index in [0.29, 0.717) is 16.8 Å². The first kappa shape index (κ1) is 13.0. The molecule has 7 nitrogen and oxygen atoms in total. The zero-order chi connectivity index (χ0) is 15.0. The third kappa shape index (κ3) is 2.18. The van der Waals surface area contributed by atoms with Crippen molar-refractivity contribution in [3.8, 4) is 11.3 Å². The van der Waals surface area contributed by atoms with Gasteiger partial charge >= 0.3 is 5.97 Å². The molecule has 2 heterocycles. The number of benzene rings is 1. The summed E-state index contributed by atoms with van der Waals surface area (Å²) in [5.41, 5.74) is 0.740. The van der Waals surface area contributed by atoms with Crippen molar-refractivity contribution in [2.75, 3.05) is 0 Å². The molecular weight excluding hydrogens is 274 g/mol. The van der Waals surface area contributed by atoms with Crippen LogP contribution in [0.5, 0.6) is 0 Å². The summed E-state index contributed by atoms with van der Waals surface area (Å²) in [6, 6.07) is 9.17. The first-order valence-corrected chi connectivity index (χ1v) is 6.22. The summed E-state index contributed by atoms with van der Waals surface area (Å²) in [5, 5.41) is 17.3. The molecule has 0 aliphatic carbocycles. The van der Waals surface area contributed by atoms with Crippen LogP contribution in [0.2, 0.25) is 0 Å². The molecule has 106 valence electrons. The fourth-order valence-corrected chi connectivity index (χ4v) is 2.17. The highest BCUT2D eigenvalue weighted by molar-refractivity contribution is 5.93. The van der Waals surface area contributed by atoms with Crippen LogP contribution < -0.4 is 5.56 Å². The molecule has 2 aromatic heterocycles. The average molecular weight is 285 g/mol. The molecule has 0 bridgehead atoms. The predicted octanol–water partition coefficient (Wildman–Crippen LogP) is 1.44. The fraction of sp³-hybridized carbons (Fsp3) is 0.143. The standard InChI is InChI=1S/C14H11N3O4/c1-8-11-12(9-5-3-2-4-6-9)15-17(7-10(18)19)14(20)13(11)16-21-8/h2-6H,7H2,1H3,(H,18,19). The third-order valence-corrected chi connectivity index (χ3v) is 3.09. The number of hydrogen-bond acceptors (Lipinski definition) is 5. The number of carboxylic acid groups (broad SMARTS) is 1. The number of fused-ring (bicyclic) bond motifs is 1. The van der Waals surface area contributed by atoms with Crippen LogP contribution in [0, 0.1) is 6.92 Å². The van der Waals surface area contributed by atoms with Gasteiger partial charge in [-0.2, -0.15) is 5.10 Å². The number of aliphatic carboxylic acids is 1. The van der Waals surface area contributed by atoms with E-state index in [0.717, 1.165) is 10.2 Å². The van der Waals surface area contributed by atoms with Crippen LogP contribution in [-0.4, -0.2) is 26.0 Å². The van der Waals surface area contributed by atoms with Gasteiger partial charge in [0.15, 0.2) is 5.52 Å². The fourth-order valence-electron chi connectivity index (χ4n) is 2.17. The molecular formula is C14H11N3O4. The van der Waals surface area contributed by atoms with Gasteiger partial charge in [-0.1, -0.05) is 35.5 Å². The maximum atomic E-state index is 12.2. The summed E-state index contributed by atoms with van der Waals surface area (Å²) in [6.07, 6.45) is 0. The lowest BCUT2D eigenvalue weighted by molar-refractivity contribution is -0.137. The van der Waals surface area contributed by atoms with E-state index in [1.807, 2.05) is 30.3 Å². The van der Waals surface area contributed by atoms with Crippen molar-refractivity contribution in [3.63, 3.8) is 0 Å². The first-order chi connectivity index (χ1) is 10.1. The van der Waals surface area contributed by atoms with Crippen LogP contribution in [0.25, 0.3) is 22.2 Å². The minimum absolute atomic E-state index is 0.0857. The Morgan fingerprint density at radius 3 is 2.71 bits per heavy atom. The van der Waals surface area contributed by atoms with Gasteiger partial charge in [0.2, 0.25) is 0 Å². The van der Waals surface area contributed by atoms with Crippen molar-refractivity contribution >= 4 is 16.9 Å². The lowest BCUT2D eigenvalue weighted by Crippen LogP contribution is -2.27. The Kier molecular flexibility index (Phi) is 3.02. The van der Waals surface area contributed by atoms with Crippen LogP contribution in [0.3, 0.4) is 0 Å². The molecule has 0 unspecified atom stereocenters. The minimum Gasteiger partial charge on any atom is -0.480 e. The Balaban J connectivity index is 2.37. The molecule has 0 saturated heterocycles. The van der Waals surface area contributed by atoms with E-state index < -0.39 is 18.1 Å². The lowest BCUT2D eigenvalue weighted by atomic mass is 10.1. The predicted molar refractivity (Wildman–Crippen MR) is 73.9 cm³/mol. The molecule has 0 aliphatic rings. The van der Waals surface area contributed by atoms with Crippen molar-refractivity contribution in [2.24, 2.45) is 0 Å². The Morgan fingerprint density at radius 2 is 2.05 bits per heavy atom. The molecule has 1 aromatic carbocycles. The topological polar surface area (TPSA) is 98.2 Å². The summed E-state index contributed by atoms with van der Waals surface area (Å²) in [7, 11) is 0. The Hall–Kier alpha value is -2.96. The van der Waals surface area contributed by atoms with E-state index >= 15 is 0 Å². The van der Waals surface area contributed by atoms with Gasteiger partial charge in [0.05, 0.1) is 5.39 Å². The largest absolute Gasteiger partial charge is 0.480 e. The molecule has 0 spiro atoms. The number of carbonyl (C=O) groups is 1. The van der Waals surface area contributed by atoms with E-state index in [1.165, 1.54) is 0 Å². The second-order valence-corrected chi connectivity index (χ2v) is 4.53. The molecule has 0 radical (unpaired) electrons. The molecule has 0 amide bonds. The monoisotopic (exact) mass is 285 g/mol. The summed E-state index contributed by atoms with van der Waals surface area (Å²) in [4.78, 5) is 23.0. The van der Waals surface area contributed by atoms with Crippen molar-refractivity contribution in [2.45, 2.75) is 13.5 Å². The van der Waals surface area contributed by atoms with E-state index in [9.17, 15) is 9.59 Å². The maximum absolute atomic E-state index is 12.2. The number of carboxylic acids is 1. The minimum atomic E-state index is -1.15. The van der Waals surface area contributed by atoms with E-state index in [1.54, 1.807) is 6.92 Å². The summed E-state index contributed by atoms with van der Waals surface area (Å²) >= 11 is 0. The lowest BCUT2D eigenvalue weighted by Gasteiger charge is -2.06. The van der Waals surface area contributed by atoms with Crippen LogP contribution in [0.4, 0.5) is 0 Å². The first-order valence-electron chi connectivity index (χ1n) is 6.22. The molecule has 0 saturated carbocycles. The number of aromatic nitrogens is 3. The van der Waals surface area contributed by atoms with Crippen molar-refractivity contribution in [1.82, 2.24) is 14.9 Å². The van der Waals surface area contributed by atoms with Crippen molar-refractivity contribution in [1.29, 1.82) is 0 Å². The highest BCUT2D eigenvalue weighted by Crippen LogP contribution is 2.26. The summed E-state index contributed by atoms with van der Waals surface area (Å²) < 4.78 is 5.95. The van der Waals surface area contributed by atoms with Crippen LogP contribution >= 0.6 is 0 Å². The SMILES string of the molecule is Cc1onc2c(=O)n(CC(=O)O)nc(-c3ccccc3)c12. The van der Waals surface area contributed by atoms with E-state index in [-0.39, 0.29) is 5.52 Å². The quantitative estimate of drug-likeness (QED) is 0.782. The van der Waals surface area contributed by atoms with Crippen molar-refractivity contribution < 1.29 is 14.4 Å². The zero-order valence-corrected chi connectivity index (χ0v) is 11.1. The summed E-state index contributed by atoms with van der Waals surface area (Å²) in [6.45, 7) is 1.16. The van der Waals surface area contributed by atoms with Gasteiger partial charge in [-0.05, 0) is 6.92 Å². The van der Waals surface area contributed by atoms with Gasteiger partial charge in [-0.3, -0.25) is 9.59 Å². The Morgan fingerprint density at radius 1 is 1.33 bits per heavy atom. The molecule has 1 N–H and O–H groups in total. The highest BCUT2D eigenvalue weighted by atomic mass is 16.5. The molecule has 3 rings (SSSR count). The number of nitrogens with zero attached hydrogens (tertiary/aromatic N) is 3. The summed E-state index contributed by atoms with van der Waals surface area (Å²) in [5.74, 6) is -0.681. The van der Waals surface area contributed by atoms with Gasteiger partial charge < -0.3 is 9.63 Å². The number of rotatable bonds is 3. The van der Waals surface area contributed by atoms with Gasteiger partial charge in [0, 0.05) is 5.56 Å². The van der Waals surface area contributed by atoms with Crippen molar-refractivity contribution in [3.05, 3.63) is 46.4 Å². The van der Waals surface area contributed by atoms with Gasteiger partial charge in [-0.15, -0.1) is 0 Å². The average Bonchev–Trinajstić information content (AvgIpc) is 2.85. The van der Waals surface area contributed by atoms with E-state index in [4.69, 9.17) is 9.63 Å². The van der Waals surface area contributed by atoms with Crippen LogP contribution in [-0.2, 0) is 11.3 Å². The molecule has 21 heavy (non-hydrogen) atoms. The van der Waals surface area contributed by atoms with Gasteiger partial charge in [0.25, 0.3) is 5.56 Å². The normalized spacial score (nSPS) is 10.9. The third-order valence-electron chi connectivity index (χ3n) is 3.09. The smallest absolute Gasteiger partial charge is 0.325 e.